The first-order chi connectivity index (χ1) is 9.83. The van der Waals surface area contributed by atoms with E-state index in [0.29, 0.717) is 0 Å². The van der Waals surface area contributed by atoms with E-state index in [0.717, 1.165) is 22.3 Å². The molecule has 98 valence electrons. The molecule has 0 saturated carbocycles. The van der Waals surface area contributed by atoms with E-state index < -0.39 is 6.16 Å². The van der Waals surface area contributed by atoms with Gasteiger partial charge in [-0.3, -0.25) is 0 Å². The number of rotatable bonds is 0. The van der Waals surface area contributed by atoms with Crippen LogP contribution >= 0.6 is 0 Å². The standard InChI is InChI=1S/C17H12O3/c18-17-19-11-15-7-3-1-5-13(15)9-10-14-6-2-4-8-16(14)12-20-17/h1-8H,11-12H2. The Morgan fingerprint density at radius 1 is 0.750 bits per heavy atom. The molecule has 0 aliphatic carbocycles. The van der Waals surface area contributed by atoms with Gasteiger partial charge in [0.05, 0.1) is 0 Å². The van der Waals surface area contributed by atoms with Gasteiger partial charge in [0.1, 0.15) is 13.2 Å². The molecule has 3 nitrogen and oxygen atoms in total. The van der Waals surface area contributed by atoms with Crippen molar-refractivity contribution >= 4 is 6.16 Å². The molecule has 1 heterocycles. The van der Waals surface area contributed by atoms with E-state index in [-0.39, 0.29) is 13.2 Å². The molecule has 0 radical (unpaired) electrons. The summed E-state index contributed by atoms with van der Waals surface area (Å²) in [6, 6.07) is 15.2. The highest BCUT2D eigenvalue weighted by Crippen LogP contribution is 2.14. The third-order valence-corrected chi connectivity index (χ3v) is 3.06. The summed E-state index contributed by atoms with van der Waals surface area (Å²) in [5, 5.41) is 0. The SMILES string of the molecule is O=C1OCc2ccccc2C#Cc2ccccc2CO1. The molecular formula is C17H12O3. The van der Waals surface area contributed by atoms with Crippen LogP contribution in [0.2, 0.25) is 0 Å². The smallest absolute Gasteiger partial charge is 0.429 e. The Kier molecular flexibility index (Phi) is 3.38. The van der Waals surface area contributed by atoms with Gasteiger partial charge in [0.15, 0.2) is 0 Å². The zero-order valence-electron chi connectivity index (χ0n) is 10.8. The van der Waals surface area contributed by atoms with Crippen LogP contribution in [0.3, 0.4) is 0 Å². The van der Waals surface area contributed by atoms with Crippen molar-refractivity contribution in [2.24, 2.45) is 0 Å². The monoisotopic (exact) mass is 264 g/mol. The Morgan fingerprint density at radius 3 is 1.70 bits per heavy atom. The highest BCUT2D eigenvalue weighted by Gasteiger charge is 2.10. The number of fused-ring (bicyclic) bond motifs is 2. The van der Waals surface area contributed by atoms with Gasteiger partial charge < -0.3 is 9.47 Å². The lowest BCUT2D eigenvalue weighted by Gasteiger charge is -2.07. The average molecular weight is 264 g/mol. The average Bonchev–Trinajstić information content (AvgIpc) is 2.52. The van der Waals surface area contributed by atoms with Crippen LogP contribution in [0.25, 0.3) is 0 Å². The third-order valence-electron chi connectivity index (χ3n) is 3.06. The van der Waals surface area contributed by atoms with E-state index in [1.165, 1.54) is 0 Å². The first-order valence-electron chi connectivity index (χ1n) is 6.30. The van der Waals surface area contributed by atoms with Gasteiger partial charge in [-0.1, -0.05) is 48.2 Å². The largest absolute Gasteiger partial charge is 0.508 e. The summed E-state index contributed by atoms with van der Waals surface area (Å²) < 4.78 is 10.2. The van der Waals surface area contributed by atoms with Gasteiger partial charge in [0.25, 0.3) is 0 Å². The first-order valence-corrected chi connectivity index (χ1v) is 6.30. The van der Waals surface area contributed by atoms with Crippen molar-refractivity contribution in [1.29, 1.82) is 0 Å². The fourth-order valence-electron chi connectivity index (χ4n) is 1.99. The highest BCUT2D eigenvalue weighted by atomic mass is 16.7. The molecule has 0 saturated heterocycles. The lowest BCUT2D eigenvalue weighted by molar-refractivity contribution is 0.0446. The molecule has 1 aliphatic rings. The number of hydrogen-bond acceptors (Lipinski definition) is 3. The quantitative estimate of drug-likeness (QED) is 0.541. The van der Waals surface area contributed by atoms with Crippen molar-refractivity contribution in [2.75, 3.05) is 0 Å². The second-order valence-electron chi connectivity index (χ2n) is 4.39. The third kappa shape index (κ3) is 2.65. The van der Waals surface area contributed by atoms with Gasteiger partial charge in [-0.05, 0) is 12.1 Å². The number of ether oxygens (including phenoxy) is 2. The van der Waals surface area contributed by atoms with Crippen LogP contribution in [-0.2, 0) is 22.7 Å². The van der Waals surface area contributed by atoms with Crippen LogP contribution in [0.5, 0.6) is 0 Å². The van der Waals surface area contributed by atoms with E-state index in [4.69, 9.17) is 9.47 Å². The molecule has 20 heavy (non-hydrogen) atoms. The number of carbonyl (C=O) groups is 1. The van der Waals surface area contributed by atoms with E-state index in [1.807, 2.05) is 48.5 Å². The maximum absolute atomic E-state index is 11.5. The zero-order chi connectivity index (χ0) is 13.8. The number of hydrogen-bond donors (Lipinski definition) is 0. The van der Waals surface area contributed by atoms with Gasteiger partial charge >= 0.3 is 6.16 Å². The van der Waals surface area contributed by atoms with Gasteiger partial charge in [-0.15, -0.1) is 0 Å². The molecule has 2 aromatic carbocycles. The van der Waals surface area contributed by atoms with Crippen molar-refractivity contribution in [2.45, 2.75) is 13.2 Å². The summed E-state index contributed by atoms with van der Waals surface area (Å²) in [5.74, 6) is 6.27. The molecule has 2 aromatic rings. The summed E-state index contributed by atoms with van der Waals surface area (Å²) in [6.45, 7) is 0.333. The lowest BCUT2D eigenvalue weighted by Crippen LogP contribution is -2.08. The van der Waals surface area contributed by atoms with Crippen molar-refractivity contribution in [1.82, 2.24) is 0 Å². The van der Waals surface area contributed by atoms with E-state index in [1.54, 1.807) is 0 Å². The molecule has 0 amide bonds. The zero-order valence-corrected chi connectivity index (χ0v) is 10.8. The minimum Gasteiger partial charge on any atom is -0.429 e. The Balaban J connectivity index is 2.08. The van der Waals surface area contributed by atoms with Crippen molar-refractivity contribution in [3.63, 3.8) is 0 Å². The van der Waals surface area contributed by atoms with Crippen molar-refractivity contribution in [3.8, 4) is 11.8 Å². The first kappa shape index (κ1) is 12.3. The predicted molar refractivity (Wildman–Crippen MR) is 73.8 cm³/mol. The van der Waals surface area contributed by atoms with Crippen LogP contribution < -0.4 is 0 Å². The summed E-state index contributed by atoms with van der Waals surface area (Å²) in [4.78, 5) is 11.5. The maximum Gasteiger partial charge on any atom is 0.508 e. The number of carbonyl (C=O) groups excluding carboxylic acids is 1. The summed E-state index contributed by atoms with van der Waals surface area (Å²) in [6.07, 6.45) is -0.670. The topological polar surface area (TPSA) is 35.5 Å². The Morgan fingerprint density at radius 2 is 1.20 bits per heavy atom. The van der Waals surface area contributed by atoms with Crippen molar-refractivity contribution < 1.29 is 14.3 Å². The Bertz CT molecular complexity index is 650. The Labute approximate surface area is 117 Å². The van der Waals surface area contributed by atoms with E-state index >= 15 is 0 Å². The van der Waals surface area contributed by atoms with Gasteiger partial charge in [-0.25, -0.2) is 4.79 Å². The maximum atomic E-state index is 11.5. The molecule has 0 aromatic heterocycles. The molecule has 0 unspecified atom stereocenters. The number of cyclic esters (lactones) is 2. The molecule has 0 spiro atoms. The van der Waals surface area contributed by atoms with Crippen molar-refractivity contribution in [3.05, 3.63) is 70.8 Å². The molecule has 3 rings (SSSR count). The van der Waals surface area contributed by atoms with Gasteiger partial charge in [0, 0.05) is 22.3 Å². The molecular weight excluding hydrogens is 252 g/mol. The summed E-state index contributed by atoms with van der Waals surface area (Å²) in [5.41, 5.74) is 3.46. The van der Waals surface area contributed by atoms with Crippen LogP contribution in [0, 0.1) is 11.8 Å². The van der Waals surface area contributed by atoms with Gasteiger partial charge in [0.2, 0.25) is 0 Å². The van der Waals surface area contributed by atoms with E-state index in [2.05, 4.69) is 11.8 Å². The highest BCUT2D eigenvalue weighted by molar-refractivity contribution is 5.61. The van der Waals surface area contributed by atoms with Crippen LogP contribution in [0.1, 0.15) is 22.3 Å². The fourth-order valence-corrected chi connectivity index (χ4v) is 1.99. The second kappa shape index (κ2) is 5.50. The Hall–Kier alpha value is -2.73. The fraction of sp³-hybridized carbons (Fsp3) is 0.118. The number of benzene rings is 2. The van der Waals surface area contributed by atoms with Crippen LogP contribution in [0.4, 0.5) is 4.79 Å². The molecule has 1 aliphatic heterocycles. The molecule has 0 atom stereocenters. The molecule has 3 heteroatoms. The minimum atomic E-state index is -0.670. The lowest BCUT2D eigenvalue weighted by atomic mass is 10.1. The van der Waals surface area contributed by atoms with Crippen LogP contribution in [-0.4, -0.2) is 6.16 Å². The molecule has 0 bridgehead atoms. The predicted octanol–water partition coefficient (Wildman–Crippen LogP) is 3.25. The van der Waals surface area contributed by atoms with Crippen LogP contribution in [0.15, 0.2) is 48.5 Å². The van der Waals surface area contributed by atoms with Gasteiger partial charge in [-0.2, -0.15) is 0 Å². The summed E-state index contributed by atoms with van der Waals surface area (Å²) in [7, 11) is 0. The normalized spacial score (nSPS) is 13.5. The van der Waals surface area contributed by atoms with E-state index in [9.17, 15) is 4.79 Å². The summed E-state index contributed by atoms with van der Waals surface area (Å²) >= 11 is 0. The molecule has 0 N–H and O–H groups in total. The minimum absolute atomic E-state index is 0.167. The second-order valence-corrected chi connectivity index (χ2v) is 4.39. The molecule has 0 fully saturated rings.